The number of hydrogen-bond acceptors (Lipinski definition) is 5. The van der Waals surface area contributed by atoms with Crippen LogP contribution in [-0.2, 0) is 0 Å². The van der Waals surface area contributed by atoms with Crippen molar-refractivity contribution in [2.75, 3.05) is 12.8 Å². The fourth-order valence-corrected chi connectivity index (χ4v) is 1.54. The topological polar surface area (TPSA) is 81.5 Å². The molecule has 0 radical (unpaired) electrons. The molecule has 0 saturated heterocycles. The first-order chi connectivity index (χ1) is 7.65. The number of anilines is 1. The Hall–Kier alpha value is -2.17. The molecule has 16 heavy (non-hydrogen) atoms. The molecule has 0 atom stereocenters. The van der Waals surface area contributed by atoms with Gasteiger partial charge in [0.15, 0.2) is 0 Å². The molecule has 84 valence electrons. The number of benzene rings is 1. The highest BCUT2D eigenvalue weighted by molar-refractivity contribution is 5.82. The van der Waals surface area contributed by atoms with Crippen LogP contribution in [0.15, 0.2) is 22.9 Å². The summed E-state index contributed by atoms with van der Waals surface area (Å²) in [5, 5.41) is 13.6. The zero-order valence-corrected chi connectivity index (χ0v) is 9.02. The van der Waals surface area contributed by atoms with Gasteiger partial charge in [0.1, 0.15) is 11.5 Å². The van der Waals surface area contributed by atoms with Gasteiger partial charge in [0.2, 0.25) is 5.88 Å². The first-order valence-electron chi connectivity index (χ1n) is 4.72. The van der Waals surface area contributed by atoms with Crippen LogP contribution in [0.25, 0.3) is 11.1 Å². The van der Waals surface area contributed by atoms with Crippen LogP contribution in [0.4, 0.5) is 5.88 Å². The molecule has 0 saturated carbocycles. The van der Waals surface area contributed by atoms with Crippen LogP contribution in [-0.4, -0.2) is 17.4 Å². The van der Waals surface area contributed by atoms with Crippen LogP contribution in [0.5, 0.6) is 11.5 Å². The van der Waals surface area contributed by atoms with Crippen molar-refractivity contribution in [2.24, 2.45) is 0 Å². The first kappa shape index (κ1) is 10.4. The molecule has 3 N–H and O–H groups in total. The number of aromatic hydroxyl groups is 1. The molecule has 2 aromatic rings. The summed E-state index contributed by atoms with van der Waals surface area (Å²) in [5.41, 5.74) is 7.38. The average molecular weight is 220 g/mol. The Morgan fingerprint density at radius 1 is 1.44 bits per heavy atom. The minimum Gasteiger partial charge on any atom is -0.507 e. The van der Waals surface area contributed by atoms with E-state index in [-0.39, 0.29) is 11.6 Å². The molecule has 1 heterocycles. The van der Waals surface area contributed by atoms with Gasteiger partial charge >= 0.3 is 0 Å². The highest BCUT2D eigenvalue weighted by atomic mass is 16.5. The Bertz CT molecular complexity index is 520. The summed E-state index contributed by atoms with van der Waals surface area (Å²) in [6.45, 7) is 1.79. The number of ether oxygens (including phenoxy) is 1. The predicted molar refractivity (Wildman–Crippen MR) is 59.3 cm³/mol. The summed E-state index contributed by atoms with van der Waals surface area (Å²) in [5.74, 6) is 0.798. The maximum atomic E-state index is 10.0. The minimum absolute atomic E-state index is 0.120. The van der Waals surface area contributed by atoms with E-state index in [1.165, 1.54) is 13.3 Å². The van der Waals surface area contributed by atoms with E-state index in [2.05, 4.69) is 5.16 Å². The van der Waals surface area contributed by atoms with Crippen LogP contribution in [0.2, 0.25) is 0 Å². The summed E-state index contributed by atoms with van der Waals surface area (Å²) in [7, 11) is 1.53. The second-order valence-corrected chi connectivity index (χ2v) is 3.41. The van der Waals surface area contributed by atoms with E-state index in [1.54, 1.807) is 19.1 Å². The summed E-state index contributed by atoms with van der Waals surface area (Å²) >= 11 is 0. The van der Waals surface area contributed by atoms with E-state index >= 15 is 0 Å². The van der Waals surface area contributed by atoms with E-state index < -0.39 is 0 Å². The molecule has 0 fully saturated rings. The summed E-state index contributed by atoms with van der Waals surface area (Å²) < 4.78 is 9.95. The second kappa shape index (κ2) is 3.77. The molecule has 5 nitrogen and oxygen atoms in total. The normalized spacial score (nSPS) is 10.4. The first-order valence-corrected chi connectivity index (χ1v) is 4.72. The molecule has 0 unspecified atom stereocenters. The standard InChI is InChI=1S/C11H12N2O3/c1-6-3-4-8(15-2)9(10(6)14)7-5-13-16-11(7)12/h3-5,14H,12H2,1-2H3. The Morgan fingerprint density at radius 2 is 2.19 bits per heavy atom. The molecule has 1 aromatic heterocycles. The Balaban J connectivity index is 2.72. The van der Waals surface area contributed by atoms with Crippen molar-refractivity contribution in [2.45, 2.75) is 6.92 Å². The van der Waals surface area contributed by atoms with Gasteiger partial charge in [0.05, 0.1) is 24.4 Å². The van der Waals surface area contributed by atoms with Gasteiger partial charge in [-0.15, -0.1) is 0 Å². The number of nitrogens with two attached hydrogens (primary N) is 1. The molecule has 2 rings (SSSR count). The second-order valence-electron chi connectivity index (χ2n) is 3.41. The number of nitrogens with zero attached hydrogens (tertiary/aromatic N) is 1. The molecular formula is C11H12N2O3. The molecule has 0 aliphatic carbocycles. The van der Waals surface area contributed by atoms with E-state index in [4.69, 9.17) is 15.0 Å². The molecule has 0 amide bonds. The number of phenolic OH excluding ortho intramolecular Hbond substituents is 1. The van der Waals surface area contributed by atoms with E-state index in [0.29, 0.717) is 16.9 Å². The van der Waals surface area contributed by atoms with Gasteiger partial charge in [0.25, 0.3) is 0 Å². The third kappa shape index (κ3) is 1.46. The van der Waals surface area contributed by atoms with Crippen molar-refractivity contribution in [3.05, 3.63) is 23.9 Å². The van der Waals surface area contributed by atoms with Crippen LogP contribution in [0.1, 0.15) is 5.56 Å². The highest BCUT2D eigenvalue weighted by Gasteiger charge is 2.18. The lowest BCUT2D eigenvalue weighted by molar-refractivity contribution is 0.409. The van der Waals surface area contributed by atoms with Crippen LogP contribution in [0.3, 0.4) is 0 Å². The number of aryl methyl sites for hydroxylation is 1. The third-order valence-electron chi connectivity index (χ3n) is 2.43. The van der Waals surface area contributed by atoms with Crippen molar-refractivity contribution in [3.8, 4) is 22.6 Å². The predicted octanol–water partition coefficient (Wildman–Crippen LogP) is 1.95. The lowest BCUT2D eigenvalue weighted by atomic mass is 10.0. The van der Waals surface area contributed by atoms with Gasteiger partial charge in [-0.3, -0.25) is 0 Å². The van der Waals surface area contributed by atoms with Gasteiger partial charge < -0.3 is 20.1 Å². The quantitative estimate of drug-likeness (QED) is 0.808. The maximum Gasteiger partial charge on any atom is 0.230 e. The van der Waals surface area contributed by atoms with Crippen molar-refractivity contribution in [1.29, 1.82) is 0 Å². The smallest absolute Gasteiger partial charge is 0.230 e. The number of nitrogen functional groups attached to an aromatic ring is 1. The molecule has 0 bridgehead atoms. The SMILES string of the molecule is COc1ccc(C)c(O)c1-c1cnoc1N. The Kier molecular flexibility index (Phi) is 2.44. The Morgan fingerprint density at radius 3 is 2.75 bits per heavy atom. The van der Waals surface area contributed by atoms with Gasteiger partial charge in [0, 0.05) is 0 Å². The van der Waals surface area contributed by atoms with E-state index in [9.17, 15) is 5.11 Å². The zero-order chi connectivity index (χ0) is 11.7. The number of methoxy groups -OCH3 is 1. The molecular weight excluding hydrogens is 208 g/mol. The van der Waals surface area contributed by atoms with E-state index in [1.807, 2.05) is 0 Å². The number of hydrogen-bond donors (Lipinski definition) is 2. The maximum absolute atomic E-state index is 10.0. The third-order valence-corrected chi connectivity index (χ3v) is 2.43. The van der Waals surface area contributed by atoms with Crippen molar-refractivity contribution < 1.29 is 14.4 Å². The molecule has 0 spiro atoms. The van der Waals surface area contributed by atoms with Crippen molar-refractivity contribution in [3.63, 3.8) is 0 Å². The fraction of sp³-hybridized carbons (Fsp3) is 0.182. The van der Waals surface area contributed by atoms with Crippen LogP contribution in [0, 0.1) is 6.92 Å². The van der Waals surface area contributed by atoms with Gasteiger partial charge in [-0.2, -0.15) is 0 Å². The number of aromatic nitrogens is 1. The monoisotopic (exact) mass is 220 g/mol. The van der Waals surface area contributed by atoms with Crippen LogP contribution < -0.4 is 10.5 Å². The van der Waals surface area contributed by atoms with Crippen molar-refractivity contribution >= 4 is 5.88 Å². The lowest BCUT2D eigenvalue weighted by Crippen LogP contribution is -1.92. The molecule has 1 aromatic carbocycles. The summed E-state index contributed by atoms with van der Waals surface area (Å²) in [4.78, 5) is 0. The largest absolute Gasteiger partial charge is 0.507 e. The fourth-order valence-electron chi connectivity index (χ4n) is 1.54. The molecule has 5 heteroatoms. The Labute approximate surface area is 92.4 Å². The zero-order valence-electron chi connectivity index (χ0n) is 9.02. The van der Waals surface area contributed by atoms with Gasteiger partial charge in [-0.1, -0.05) is 11.2 Å². The van der Waals surface area contributed by atoms with Gasteiger partial charge in [-0.05, 0) is 18.6 Å². The highest BCUT2D eigenvalue weighted by Crippen LogP contribution is 2.41. The lowest BCUT2D eigenvalue weighted by Gasteiger charge is -2.10. The van der Waals surface area contributed by atoms with E-state index in [0.717, 1.165) is 5.56 Å². The average Bonchev–Trinajstić information content (AvgIpc) is 2.68. The minimum atomic E-state index is 0.120. The number of phenols is 1. The summed E-state index contributed by atoms with van der Waals surface area (Å²) in [6, 6.07) is 3.53. The van der Waals surface area contributed by atoms with Crippen LogP contribution >= 0.6 is 0 Å². The number of rotatable bonds is 2. The summed E-state index contributed by atoms with van der Waals surface area (Å²) in [6.07, 6.45) is 1.45. The van der Waals surface area contributed by atoms with Gasteiger partial charge in [-0.25, -0.2) is 0 Å². The molecule has 0 aliphatic heterocycles. The van der Waals surface area contributed by atoms with Crippen molar-refractivity contribution in [1.82, 2.24) is 5.16 Å². The molecule has 0 aliphatic rings.